The highest BCUT2D eigenvalue weighted by molar-refractivity contribution is 5.20. The minimum Gasteiger partial charge on any atom is -0.368 e. The first kappa shape index (κ1) is 13.2. The molecule has 4 aromatic rings. The van der Waals surface area contributed by atoms with Crippen molar-refractivity contribution < 1.29 is 0 Å². The quantitative estimate of drug-likeness (QED) is 0.319. The molecule has 0 fully saturated rings. The SMILES string of the molecule is Nc1nc(-n2cnnc2)n[nH]1.Nc1nc(-n2cnnc2)n[nH]1. The standard InChI is InChI=1S/2C4H5N7/c2*5-3-8-4(10-9-3)11-1-6-7-2-11/h2*1-2H,(H3,5,8,9,10). The molecular formula is C8H10N14. The van der Waals surface area contributed by atoms with E-state index in [1.807, 2.05) is 0 Å². The summed E-state index contributed by atoms with van der Waals surface area (Å²) in [6.07, 6.45) is 5.95. The monoisotopic (exact) mass is 302 g/mol. The zero-order chi connectivity index (χ0) is 15.4. The Hall–Kier alpha value is -3.84. The van der Waals surface area contributed by atoms with Crippen molar-refractivity contribution >= 4 is 11.9 Å². The van der Waals surface area contributed by atoms with Crippen LogP contribution in [0.15, 0.2) is 25.3 Å². The van der Waals surface area contributed by atoms with E-state index in [2.05, 4.69) is 50.8 Å². The van der Waals surface area contributed by atoms with E-state index in [-0.39, 0.29) is 11.9 Å². The molecule has 6 N–H and O–H groups in total. The van der Waals surface area contributed by atoms with E-state index in [0.717, 1.165) is 0 Å². The van der Waals surface area contributed by atoms with Gasteiger partial charge in [-0.25, -0.2) is 10.2 Å². The second kappa shape index (κ2) is 5.65. The van der Waals surface area contributed by atoms with Crippen LogP contribution >= 0.6 is 0 Å². The first-order valence-electron chi connectivity index (χ1n) is 5.78. The predicted molar refractivity (Wildman–Crippen MR) is 71.4 cm³/mol. The Bertz CT molecular complexity index is 736. The molecule has 14 heteroatoms. The molecule has 112 valence electrons. The summed E-state index contributed by atoms with van der Waals surface area (Å²) in [5.41, 5.74) is 10.6. The minimum absolute atomic E-state index is 0.272. The van der Waals surface area contributed by atoms with Crippen molar-refractivity contribution in [3.05, 3.63) is 25.3 Å². The zero-order valence-electron chi connectivity index (χ0n) is 10.9. The van der Waals surface area contributed by atoms with E-state index in [4.69, 9.17) is 11.5 Å². The molecule has 0 saturated carbocycles. The van der Waals surface area contributed by atoms with Gasteiger partial charge in [0, 0.05) is 0 Å². The van der Waals surface area contributed by atoms with Gasteiger partial charge in [0.15, 0.2) is 0 Å². The summed E-state index contributed by atoms with van der Waals surface area (Å²) >= 11 is 0. The van der Waals surface area contributed by atoms with Crippen LogP contribution in [0.25, 0.3) is 11.9 Å². The molecule has 0 bridgehead atoms. The molecule has 0 amide bonds. The lowest BCUT2D eigenvalue weighted by Gasteiger charge is -1.87. The van der Waals surface area contributed by atoms with Crippen LogP contribution in [0.3, 0.4) is 0 Å². The van der Waals surface area contributed by atoms with Gasteiger partial charge in [-0.05, 0) is 0 Å². The zero-order valence-corrected chi connectivity index (χ0v) is 10.9. The smallest absolute Gasteiger partial charge is 0.257 e. The van der Waals surface area contributed by atoms with Gasteiger partial charge in [-0.3, -0.25) is 9.13 Å². The molecular weight excluding hydrogens is 292 g/mol. The highest BCUT2D eigenvalue weighted by Crippen LogP contribution is 1.98. The first-order valence-corrected chi connectivity index (χ1v) is 5.78. The van der Waals surface area contributed by atoms with Crippen LogP contribution in [0.1, 0.15) is 0 Å². The van der Waals surface area contributed by atoms with E-state index < -0.39 is 0 Å². The molecule has 0 spiro atoms. The summed E-state index contributed by atoms with van der Waals surface area (Å²) in [6, 6.07) is 0. The molecule has 0 radical (unpaired) electrons. The Balaban J connectivity index is 0.000000131. The lowest BCUT2D eigenvalue weighted by atomic mass is 10.9. The fourth-order valence-corrected chi connectivity index (χ4v) is 1.37. The summed E-state index contributed by atoms with van der Waals surface area (Å²) in [7, 11) is 0. The second-order valence-electron chi connectivity index (χ2n) is 3.78. The van der Waals surface area contributed by atoms with Crippen molar-refractivity contribution in [2.24, 2.45) is 0 Å². The van der Waals surface area contributed by atoms with E-state index >= 15 is 0 Å². The number of nitrogens with zero attached hydrogens (tertiary/aromatic N) is 10. The predicted octanol–water partition coefficient (Wildman–Crippen LogP) is -2.06. The van der Waals surface area contributed by atoms with E-state index in [1.165, 1.54) is 25.3 Å². The molecule has 0 aliphatic carbocycles. The van der Waals surface area contributed by atoms with Crippen molar-refractivity contribution in [3.8, 4) is 11.9 Å². The molecule has 0 unspecified atom stereocenters. The molecule has 0 atom stereocenters. The van der Waals surface area contributed by atoms with Crippen molar-refractivity contribution in [2.45, 2.75) is 0 Å². The number of rotatable bonds is 2. The molecule has 4 rings (SSSR count). The van der Waals surface area contributed by atoms with Crippen LogP contribution in [-0.4, -0.2) is 59.9 Å². The summed E-state index contributed by atoms with van der Waals surface area (Å²) in [5, 5.41) is 26.9. The topological polar surface area (TPSA) is 197 Å². The molecule has 0 aliphatic heterocycles. The number of hydrogen-bond donors (Lipinski definition) is 4. The van der Waals surface area contributed by atoms with Gasteiger partial charge in [0.1, 0.15) is 25.3 Å². The minimum atomic E-state index is 0.272. The highest BCUT2D eigenvalue weighted by Gasteiger charge is 2.01. The van der Waals surface area contributed by atoms with Crippen LogP contribution in [0.5, 0.6) is 0 Å². The molecule has 14 nitrogen and oxygen atoms in total. The summed E-state index contributed by atoms with van der Waals surface area (Å²) in [5.74, 6) is 1.42. The summed E-state index contributed by atoms with van der Waals surface area (Å²) in [6.45, 7) is 0. The Morgan fingerprint density at radius 1 is 0.682 bits per heavy atom. The average molecular weight is 302 g/mol. The van der Waals surface area contributed by atoms with Crippen molar-refractivity contribution in [2.75, 3.05) is 11.5 Å². The molecule has 0 aromatic carbocycles. The van der Waals surface area contributed by atoms with Gasteiger partial charge in [0.05, 0.1) is 0 Å². The van der Waals surface area contributed by atoms with Gasteiger partial charge in [-0.2, -0.15) is 9.97 Å². The lowest BCUT2D eigenvalue weighted by Crippen LogP contribution is -1.92. The van der Waals surface area contributed by atoms with Crippen molar-refractivity contribution in [3.63, 3.8) is 0 Å². The van der Waals surface area contributed by atoms with Crippen LogP contribution < -0.4 is 11.5 Å². The third kappa shape index (κ3) is 2.84. The largest absolute Gasteiger partial charge is 0.368 e. The van der Waals surface area contributed by atoms with Gasteiger partial charge in [-0.1, -0.05) is 0 Å². The van der Waals surface area contributed by atoms with E-state index in [0.29, 0.717) is 11.9 Å². The molecule has 4 heterocycles. The van der Waals surface area contributed by atoms with Gasteiger partial charge >= 0.3 is 0 Å². The second-order valence-corrected chi connectivity index (χ2v) is 3.78. The van der Waals surface area contributed by atoms with Gasteiger partial charge < -0.3 is 11.5 Å². The third-order valence-corrected chi connectivity index (χ3v) is 2.28. The molecule has 4 aromatic heterocycles. The number of aromatic nitrogens is 12. The van der Waals surface area contributed by atoms with Gasteiger partial charge in [0.25, 0.3) is 11.9 Å². The Morgan fingerprint density at radius 2 is 1.05 bits per heavy atom. The number of H-pyrrole nitrogens is 2. The maximum atomic E-state index is 5.30. The van der Waals surface area contributed by atoms with Gasteiger partial charge in [-0.15, -0.1) is 30.6 Å². The van der Waals surface area contributed by atoms with Gasteiger partial charge in [0.2, 0.25) is 11.9 Å². The number of hydrogen-bond acceptors (Lipinski definition) is 10. The third-order valence-electron chi connectivity index (χ3n) is 2.28. The summed E-state index contributed by atoms with van der Waals surface area (Å²) in [4.78, 5) is 7.69. The molecule has 0 aliphatic rings. The van der Waals surface area contributed by atoms with Crippen LogP contribution in [0, 0.1) is 0 Å². The van der Waals surface area contributed by atoms with Crippen molar-refractivity contribution in [1.82, 2.24) is 59.9 Å². The number of aromatic amines is 2. The maximum absolute atomic E-state index is 5.30. The number of nitrogens with two attached hydrogens (primary N) is 2. The Morgan fingerprint density at radius 3 is 1.32 bits per heavy atom. The lowest BCUT2D eigenvalue weighted by molar-refractivity contribution is 0.929. The van der Waals surface area contributed by atoms with Crippen molar-refractivity contribution in [1.29, 1.82) is 0 Å². The number of anilines is 2. The Kier molecular flexibility index (Phi) is 3.38. The van der Waals surface area contributed by atoms with Crippen LogP contribution in [0.2, 0.25) is 0 Å². The van der Waals surface area contributed by atoms with E-state index in [9.17, 15) is 0 Å². The fraction of sp³-hybridized carbons (Fsp3) is 0. The van der Waals surface area contributed by atoms with Crippen LogP contribution in [0.4, 0.5) is 11.9 Å². The van der Waals surface area contributed by atoms with E-state index in [1.54, 1.807) is 9.13 Å². The summed E-state index contributed by atoms with van der Waals surface area (Å²) < 4.78 is 3.10. The average Bonchev–Trinajstić information content (AvgIpc) is 3.28. The Labute approximate surface area is 121 Å². The maximum Gasteiger partial charge on any atom is 0.257 e. The highest BCUT2D eigenvalue weighted by atomic mass is 15.4. The van der Waals surface area contributed by atoms with Crippen LogP contribution in [-0.2, 0) is 0 Å². The fourth-order valence-electron chi connectivity index (χ4n) is 1.37. The first-order chi connectivity index (χ1) is 10.7. The normalized spacial score (nSPS) is 10.2. The number of nitrogens with one attached hydrogen (secondary N) is 2. The molecule has 0 saturated heterocycles. The number of nitrogen functional groups attached to an aromatic ring is 2. The molecule has 22 heavy (non-hydrogen) atoms.